The van der Waals surface area contributed by atoms with E-state index in [4.69, 9.17) is 112 Å². The van der Waals surface area contributed by atoms with Crippen molar-refractivity contribution in [1.29, 1.82) is 0 Å². The van der Waals surface area contributed by atoms with Crippen molar-refractivity contribution in [3.8, 4) is 0 Å². The third-order valence-corrected chi connectivity index (χ3v) is 6.73. The number of ether oxygens (including phenoxy) is 1. The molecule has 0 aromatic rings. The van der Waals surface area contributed by atoms with Gasteiger partial charge in [-0.3, -0.25) is 0 Å². The average molecular weight is 1030 g/mol. The van der Waals surface area contributed by atoms with Crippen LogP contribution in [0.5, 0.6) is 0 Å². The molecule has 0 aromatic heterocycles. The molecule has 0 saturated carbocycles. The summed E-state index contributed by atoms with van der Waals surface area (Å²) in [7, 11) is 0. The van der Waals surface area contributed by atoms with E-state index in [1.54, 1.807) is 0 Å². The number of hydrogen-bond donors (Lipinski definition) is 21. The maximum Gasteiger partial charge on any atom is 0.327 e. The smallest absolute Gasteiger partial charge is 0.327 e. The Kier molecular flexibility index (Phi) is 75.7. The van der Waals surface area contributed by atoms with Gasteiger partial charge < -0.3 is 112 Å². The molecule has 0 aliphatic rings. The van der Waals surface area contributed by atoms with Gasteiger partial charge in [-0.05, 0) is 0 Å². The molecule has 0 aliphatic heterocycles. The highest BCUT2D eigenvalue weighted by atomic mass is 16.5. The molecule has 0 aliphatic carbocycles. The van der Waals surface area contributed by atoms with Crippen LogP contribution in [-0.2, 0) is 38.3 Å². The lowest BCUT2D eigenvalue weighted by Crippen LogP contribution is -2.43. The predicted molar refractivity (Wildman–Crippen MR) is 245 cm³/mol. The molecule has 29 heteroatoms. The summed E-state index contributed by atoms with van der Waals surface area (Å²) in [6.07, 6.45) is 5.83. The van der Waals surface area contributed by atoms with E-state index in [9.17, 15) is 33.6 Å². The van der Waals surface area contributed by atoms with E-state index >= 15 is 0 Å². The van der Waals surface area contributed by atoms with E-state index in [0.717, 1.165) is 42.5 Å². The summed E-state index contributed by atoms with van der Waals surface area (Å²) in [4.78, 5) is 64.8. The standard InChI is InChI=1S/C10H22O7.2C5H12O4.7C3H4O2/c11-1-9(2-12,3-13)7-17-8-10(4-14,5-15)6-16;2*6-1-5(2-7,3-8)4-9;7*1-2-3(4)5/h11-16H,1-8H2;2*6-9H,1-4H2;7*2H,1H2,(H,4,5). The average Bonchev–Trinajstić information content (AvgIpc) is 3.37. The van der Waals surface area contributed by atoms with Crippen molar-refractivity contribution in [3.05, 3.63) is 88.6 Å². The van der Waals surface area contributed by atoms with Crippen molar-refractivity contribution in [1.82, 2.24) is 0 Å². The number of hydrogen-bond acceptors (Lipinski definition) is 22. The van der Waals surface area contributed by atoms with Gasteiger partial charge >= 0.3 is 41.8 Å². The van der Waals surface area contributed by atoms with Gasteiger partial charge in [-0.2, -0.15) is 0 Å². The van der Waals surface area contributed by atoms with Crippen LogP contribution in [0.4, 0.5) is 0 Å². The van der Waals surface area contributed by atoms with Crippen LogP contribution < -0.4 is 0 Å². The summed E-state index contributed by atoms with van der Waals surface area (Å²) in [5.41, 5.74) is -4.54. The summed E-state index contributed by atoms with van der Waals surface area (Å²) < 4.78 is 5.15. The maximum absolute atomic E-state index is 9.25. The maximum atomic E-state index is 9.25. The van der Waals surface area contributed by atoms with Crippen molar-refractivity contribution in [3.63, 3.8) is 0 Å². The zero-order valence-electron chi connectivity index (χ0n) is 38.5. The molecule has 0 heterocycles. The van der Waals surface area contributed by atoms with Gasteiger partial charge in [-0.1, -0.05) is 46.1 Å². The second-order valence-electron chi connectivity index (χ2n) is 12.5. The van der Waals surface area contributed by atoms with Crippen LogP contribution in [0.25, 0.3) is 0 Å². The fourth-order valence-corrected chi connectivity index (χ4v) is 1.66. The van der Waals surface area contributed by atoms with Crippen LogP contribution in [0, 0.1) is 21.7 Å². The highest BCUT2D eigenvalue weighted by Crippen LogP contribution is 2.20. The first-order chi connectivity index (χ1) is 32.4. The molecule has 0 rings (SSSR count). The van der Waals surface area contributed by atoms with Gasteiger partial charge in [0, 0.05) is 42.5 Å². The monoisotopic (exact) mass is 1030 g/mol. The number of rotatable bonds is 25. The van der Waals surface area contributed by atoms with Gasteiger partial charge in [-0.15, -0.1) is 0 Å². The molecule has 0 amide bonds. The van der Waals surface area contributed by atoms with Crippen LogP contribution in [0.15, 0.2) is 88.6 Å². The number of carboxylic acid groups (broad SMARTS) is 7. The van der Waals surface area contributed by atoms with Gasteiger partial charge in [-0.25, -0.2) is 33.6 Å². The number of carboxylic acids is 7. The van der Waals surface area contributed by atoms with E-state index < -0.39 is 156 Å². The highest BCUT2D eigenvalue weighted by Gasteiger charge is 2.33. The van der Waals surface area contributed by atoms with E-state index in [-0.39, 0.29) is 13.2 Å². The molecule has 0 spiro atoms. The van der Waals surface area contributed by atoms with Gasteiger partial charge in [0.05, 0.1) is 127 Å². The Bertz CT molecular complexity index is 1130. The molecule has 0 atom stereocenters. The second-order valence-corrected chi connectivity index (χ2v) is 12.5. The Morgan fingerprint density at radius 3 is 0.386 bits per heavy atom. The Morgan fingerprint density at radius 2 is 0.343 bits per heavy atom. The van der Waals surface area contributed by atoms with Crippen LogP contribution in [0.3, 0.4) is 0 Å². The van der Waals surface area contributed by atoms with Crippen molar-refractivity contribution >= 4 is 41.8 Å². The fourth-order valence-electron chi connectivity index (χ4n) is 1.66. The number of aliphatic hydroxyl groups is 14. The van der Waals surface area contributed by atoms with Gasteiger partial charge in [0.25, 0.3) is 0 Å². The van der Waals surface area contributed by atoms with Crippen molar-refractivity contribution in [2.45, 2.75) is 0 Å². The molecule has 0 fully saturated rings. The first-order valence-corrected chi connectivity index (χ1v) is 18.5. The zero-order chi connectivity index (χ0) is 58.0. The summed E-state index contributed by atoms with van der Waals surface area (Å²) in [5.74, 6) is -6.87. The first-order valence-electron chi connectivity index (χ1n) is 18.5. The third-order valence-electron chi connectivity index (χ3n) is 6.73. The summed E-state index contributed by atoms with van der Waals surface area (Å²) in [6, 6.07) is 0. The molecule has 0 unspecified atom stereocenters. The molecular formula is C41H74O29. The molecule has 21 N–H and O–H groups in total. The Morgan fingerprint density at radius 1 is 0.257 bits per heavy atom. The number of aliphatic carboxylic acids is 7. The predicted octanol–water partition coefficient (Wildman–Crippen LogP) is -5.39. The van der Waals surface area contributed by atoms with Crippen molar-refractivity contribution in [2.75, 3.05) is 106 Å². The van der Waals surface area contributed by atoms with Crippen LogP contribution in [-0.4, -0.2) is 255 Å². The highest BCUT2D eigenvalue weighted by molar-refractivity contribution is 5.80. The lowest BCUT2D eigenvalue weighted by Gasteiger charge is -2.31. The van der Waals surface area contributed by atoms with Gasteiger partial charge in [0.1, 0.15) is 0 Å². The van der Waals surface area contributed by atoms with Crippen molar-refractivity contribution < 1.29 is 146 Å². The molecule has 0 saturated heterocycles. The summed E-state index contributed by atoms with van der Waals surface area (Å²) >= 11 is 0. The summed E-state index contributed by atoms with van der Waals surface area (Å²) in [6.45, 7) is 14.5. The minimum Gasteiger partial charge on any atom is -0.478 e. The lowest BCUT2D eigenvalue weighted by atomic mass is 9.91. The SMILES string of the molecule is C=CC(=O)O.C=CC(=O)O.C=CC(=O)O.C=CC(=O)O.C=CC(=O)O.C=CC(=O)O.C=CC(=O)O.OCC(CO)(CO)CO.OCC(CO)(CO)CO.OCC(CO)(CO)COCC(CO)(CO)CO. The van der Waals surface area contributed by atoms with E-state index in [2.05, 4.69) is 46.1 Å². The molecular weight excluding hydrogens is 956 g/mol. The normalized spacial score (nSPS) is 9.46. The fraction of sp³-hybridized carbons (Fsp3) is 0.488. The number of aliphatic hydroxyl groups excluding tert-OH is 14. The van der Waals surface area contributed by atoms with E-state index in [0.29, 0.717) is 0 Å². The molecule has 29 nitrogen and oxygen atoms in total. The summed E-state index contributed by atoms with van der Waals surface area (Å²) in [5, 5.41) is 175. The largest absolute Gasteiger partial charge is 0.478 e. The first kappa shape index (κ1) is 87.0. The topological polar surface area (TPSA) is 554 Å². The van der Waals surface area contributed by atoms with Crippen LogP contribution in [0.1, 0.15) is 0 Å². The second kappa shape index (κ2) is 60.9. The molecule has 0 aromatic carbocycles. The van der Waals surface area contributed by atoms with E-state index in [1.807, 2.05) is 0 Å². The molecule has 0 radical (unpaired) electrons. The van der Waals surface area contributed by atoms with E-state index in [1.165, 1.54) is 0 Å². The third kappa shape index (κ3) is 68.5. The zero-order valence-corrected chi connectivity index (χ0v) is 38.5. The van der Waals surface area contributed by atoms with Crippen LogP contribution >= 0.6 is 0 Å². The lowest BCUT2D eigenvalue weighted by molar-refractivity contribution is -0.132. The number of carbonyl (C=O) groups is 7. The van der Waals surface area contributed by atoms with Gasteiger partial charge in [0.15, 0.2) is 0 Å². The minimum absolute atomic E-state index is 0.141. The van der Waals surface area contributed by atoms with Gasteiger partial charge in [0.2, 0.25) is 0 Å². The Hall–Kier alpha value is -6.13. The van der Waals surface area contributed by atoms with Crippen LogP contribution in [0.2, 0.25) is 0 Å². The quantitative estimate of drug-likeness (QED) is 0.0380. The molecule has 70 heavy (non-hydrogen) atoms. The minimum atomic E-state index is -1.16. The Balaban J connectivity index is -0.0000000746. The Labute approximate surface area is 402 Å². The van der Waals surface area contributed by atoms with Crippen molar-refractivity contribution in [2.24, 2.45) is 21.7 Å². The molecule has 412 valence electrons. The molecule has 0 bridgehead atoms.